The fraction of sp³-hybridized carbons (Fsp3) is 0.0625. The van der Waals surface area contributed by atoms with E-state index in [0.717, 1.165) is 5.56 Å². The molecule has 5 nitrogen and oxygen atoms in total. The Balaban J connectivity index is 2.50. The van der Waals surface area contributed by atoms with E-state index in [1.54, 1.807) is 0 Å². The predicted molar refractivity (Wildman–Crippen MR) is 87.5 cm³/mol. The summed E-state index contributed by atoms with van der Waals surface area (Å²) in [6.07, 6.45) is 0. The van der Waals surface area contributed by atoms with Crippen molar-refractivity contribution in [2.45, 2.75) is 6.92 Å². The van der Waals surface area contributed by atoms with Crippen LogP contribution in [0.3, 0.4) is 0 Å². The first-order valence-corrected chi connectivity index (χ1v) is 7.09. The quantitative estimate of drug-likeness (QED) is 0.505. The number of rotatable bonds is 2. The Bertz CT molecular complexity index is 792. The highest BCUT2D eigenvalue weighted by Crippen LogP contribution is 2.30. The molecule has 2 aromatic rings. The molecule has 0 aliphatic rings. The van der Waals surface area contributed by atoms with E-state index in [4.69, 9.17) is 0 Å². The summed E-state index contributed by atoms with van der Waals surface area (Å²) in [4.78, 5) is 21.8. The summed E-state index contributed by atoms with van der Waals surface area (Å²) in [6, 6.07) is 12.0. The van der Waals surface area contributed by atoms with Crippen molar-refractivity contribution in [1.29, 1.82) is 0 Å². The molecular formula is C16H11BrN2O3. The van der Waals surface area contributed by atoms with Crippen LogP contribution in [0.2, 0.25) is 0 Å². The van der Waals surface area contributed by atoms with E-state index in [2.05, 4.69) is 33.1 Å². The molecule has 110 valence electrons. The van der Waals surface area contributed by atoms with Crippen LogP contribution in [0.4, 0.5) is 11.4 Å². The number of anilines is 1. The maximum absolute atomic E-state index is 11.2. The van der Waals surface area contributed by atoms with Crippen LogP contribution >= 0.6 is 15.9 Å². The van der Waals surface area contributed by atoms with Crippen LogP contribution in [0.25, 0.3) is 0 Å². The lowest BCUT2D eigenvalue weighted by molar-refractivity contribution is -0.385. The number of nitrogens with zero attached hydrogens (tertiary/aromatic N) is 1. The molecule has 0 spiro atoms. The number of benzene rings is 2. The second kappa shape index (κ2) is 6.87. The maximum atomic E-state index is 11.2. The topological polar surface area (TPSA) is 72.2 Å². The lowest BCUT2D eigenvalue weighted by Crippen LogP contribution is -2.07. The average Bonchev–Trinajstić information content (AvgIpc) is 2.48. The monoisotopic (exact) mass is 358 g/mol. The summed E-state index contributed by atoms with van der Waals surface area (Å²) in [5, 5.41) is 13.8. The second-order valence-electron chi connectivity index (χ2n) is 4.40. The number of carbonyl (C=O) groups is 1. The molecule has 0 bridgehead atoms. The maximum Gasteiger partial charge on any atom is 0.286 e. The molecular weight excluding hydrogens is 348 g/mol. The van der Waals surface area contributed by atoms with Gasteiger partial charge in [-0.1, -0.05) is 30.0 Å². The Morgan fingerprint density at radius 1 is 1.23 bits per heavy atom. The van der Waals surface area contributed by atoms with Gasteiger partial charge in [0.1, 0.15) is 5.56 Å². The van der Waals surface area contributed by atoms with E-state index >= 15 is 0 Å². The number of hydrogen-bond donors (Lipinski definition) is 1. The summed E-state index contributed by atoms with van der Waals surface area (Å²) in [6.45, 7) is 1.36. The summed E-state index contributed by atoms with van der Waals surface area (Å²) in [7, 11) is 0. The molecule has 0 heterocycles. The van der Waals surface area contributed by atoms with E-state index in [1.165, 1.54) is 19.1 Å². The van der Waals surface area contributed by atoms with Gasteiger partial charge in [-0.15, -0.1) is 0 Å². The fourth-order valence-electron chi connectivity index (χ4n) is 1.76. The zero-order valence-electron chi connectivity index (χ0n) is 11.6. The summed E-state index contributed by atoms with van der Waals surface area (Å²) >= 11 is 3.21. The first-order valence-electron chi connectivity index (χ1n) is 6.30. The molecule has 0 saturated carbocycles. The Morgan fingerprint density at radius 3 is 2.50 bits per heavy atom. The molecule has 0 unspecified atom stereocenters. The Morgan fingerprint density at radius 2 is 1.91 bits per heavy atom. The van der Waals surface area contributed by atoms with Gasteiger partial charge in [0, 0.05) is 23.0 Å². The number of amides is 1. The molecule has 22 heavy (non-hydrogen) atoms. The van der Waals surface area contributed by atoms with Gasteiger partial charge in [-0.3, -0.25) is 14.9 Å². The lowest BCUT2D eigenvalue weighted by atomic mass is 10.1. The fourth-order valence-corrected chi connectivity index (χ4v) is 2.19. The second-order valence-corrected chi connectivity index (χ2v) is 5.26. The summed E-state index contributed by atoms with van der Waals surface area (Å²) in [5.74, 6) is 5.39. The first-order chi connectivity index (χ1) is 10.5. The van der Waals surface area contributed by atoms with Crippen LogP contribution in [-0.2, 0) is 4.79 Å². The van der Waals surface area contributed by atoms with Crippen molar-refractivity contribution >= 4 is 33.2 Å². The van der Waals surface area contributed by atoms with E-state index < -0.39 is 4.92 Å². The van der Waals surface area contributed by atoms with Crippen LogP contribution in [0, 0.1) is 22.0 Å². The predicted octanol–water partition coefficient (Wildman–Crippen LogP) is 3.72. The number of halogens is 1. The van der Waals surface area contributed by atoms with Crippen molar-refractivity contribution in [3.63, 3.8) is 0 Å². The van der Waals surface area contributed by atoms with Crippen LogP contribution < -0.4 is 5.32 Å². The molecule has 2 rings (SSSR count). The number of hydrogen-bond acceptors (Lipinski definition) is 3. The molecule has 0 aliphatic carbocycles. The standard InChI is InChI=1S/C16H11BrN2O3/c1-11(20)18-15-9-13(16(19(21)22)10-14(15)17)8-7-12-5-3-2-4-6-12/h2-6,9-10H,1H3,(H,18,20). The number of nitro benzene ring substituents is 1. The van der Waals surface area contributed by atoms with Crippen LogP contribution in [0.1, 0.15) is 18.1 Å². The van der Waals surface area contributed by atoms with Gasteiger partial charge in [-0.25, -0.2) is 0 Å². The van der Waals surface area contributed by atoms with E-state index in [0.29, 0.717) is 10.2 Å². The smallest absolute Gasteiger partial charge is 0.286 e. The van der Waals surface area contributed by atoms with Crippen molar-refractivity contribution in [1.82, 2.24) is 0 Å². The highest BCUT2D eigenvalue weighted by Gasteiger charge is 2.16. The molecule has 0 aliphatic heterocycles. The van der Waals surface area contributed by atoms with Crippen LogP contribution in [-0.4, -0.2) is 10.8 Å². The molecule has 0 radical (unpaired) electrons. The lowest BCUT2D eigenvalue weighted by Gasteiger charge is -2.06. The third kappa shape index (κ3) is 3.93. The normalized spacial score (nSPS) is 9.55. The molecule has 0 fully saturated rings. The van der Waals surface area contributed by atoms with Crippen molar-refractivity contribution in [2.24, 2.45) is 0 Å². The zero-order valence-corrected chi connectivity index (χ0v) is 13.2. The number of nitro groups is 1. The van der Waals surface area contributed by atoms with Gasteiger partial charge in [0.15, 0.2) is 0 Å². The highest BCUT2D eigenvalue weighted by molar-refractivity contribution is 9.10. The average molecular weight is 359 g/mol. The van der Waals surface area contributed by atoms with Gasteiger partial charge in [-0.2, -0.15) is 0 Å². The van der Waals surface area contributed by atoms with Gasteiger partial charge < -0.3 is 5.32 Å². The van der Waals surface area contributed by atoms with Gasteiger partial charge in [0.25, 0.3) is 5.69 Å². The van der Waals surface area contributed by atoms with Crippen molar-refractivity contribution in [2.75, 3.05) is 5.32 Å². The third-order valence-corrected chi connectivity index (χ3v) is 3.36. The Labute approximate surface area is 135 Å². The van der Waals surface area contributed by atoms with Gasteiger partial charge >= 0.3 is 0 Å². The van der Waals surface area contributed by atoms with Crippen molar-refractivity contribution < 1.29 is 9.72 Å². The zero-order chi connectivity index (χ0) is 16.1. The van der Waals surface area contributed by atoms with E-state index in [1.807, 2.05) is 30.3 Å². The summed E-state index contributed by atoms with van der Waals surface area (Å²) in [5.41, 5.74) is 1.31. The largest absolute Gasteiger partial charge is 0.325 e. The van der Waals surface area contributed by atoms with Crippen LogP contribution in [0.5, 0.6) is 0 Å². The molecule has 1 amide bonds. The Hall–Kier alpha value is -2.65. The van der Waals surface area contributed by atoms with Gasteiger partial charge in [0.2, 0.25) is 5.91 Å². The number of nitrogens with one attached hydrogen (secondary N) is 1. The first kappa shape index (κ1) is 15.7. The molecule has 1 N–H and O–H groups in total. The van der Waals surface area contributed by atoms with Crippen molar-refractivity contribution in [3.8, 4) is 11.8 Å². The minimum absolute atomic E-state index is 0.121. The molecule has 2 aromatic carbocycles. The summed E-state index contributed by atoms with van der Waals surface area (Å²) < 4.78 is 0.430. The van der Waals surface area contributed by atoms with E-state index in [9.17, 15) is 14.9 Å². The van der Waals surface area contributed by atoms with Gasteiger partial charge in [0.05, 0.1) is 10.6 Å². The van der Waals surface area contributed by atoms with E-state index in [-0.39, 0.29) is 17.2 Å². The minimum atomic E-state index is -0.503. The molecule has 0 saturated heterocycles. The van der Waals surface area contributed by atoms with Gasteiger partial charge in [-0.05, 0) is 34.1 Å². The minimum Gasteiger partial charge on any atom is -0.325 e. The molecule has 6 heteroatoms. The van der Waals surface area contributed by atoms with Crippen molar-refractivity contribution in [3.05, 3.63) is 68.2 Å². The molecule has 0 aromatic heterocycles. The number of carbonyl (C=O) groups excluding carboxylic acids is 1. The third-order valence-electron chi connectivity index (χ3n) is 2.71. The van der Waals surface area contributed by atoms with Crippen LogP contribution in [0.15, 0.2) is 46.9 Å². The molecule has 0 atom stereocenters. The highest BCUT2D eigenvalue weighted by atomic mass is 79.9. The Kier molecular flexibility index (Phi) is 4.92. The SMILES string of the molecule is CC(=O)Nc1cc(C#Cc2ccccc2)c([N+](=O)[O-])cc1Br.